The first kappa shape index (κ1) is 14.6. The molecule has 1 aromatic carbocycles. The van der Waals surface area contributed by atoms with Crippen LogP contribution in [0.25, 0.3) is 0 Å². The van der Waals surface area contributed by atoms with Gasteiger partial charge in [0.05, 0.1) is 13.5 Å². The van der Waals surface area contributed by atoms with Crippen LogP contribution in [0.2, 0.25) is 0 Å². The summed E-state index contributed by atoms with van der Waals surface area (Å²) in [7, 11) is 1.35. The fraction of sp³-hybridized carbons (Fsp3) is 0.500. The van der Waals surface area contributed by atoms with Crippen molar-refractivity contribution in [1.29, 1.82) is 0 Å². The molecule has 0 heterocycles. The van der Waals surface area contributed by atoms with Gasteiger partial charge in [-0.2, -0.15) is 0 Å². The van der Waals surface area contributed by atoms with Crippen molar-refractivity contribution in [2.75, 3.05) is 7.11 Å². The Labute approximate surface area is 107 Å². The van der Waals surface area contributed by atoms with Crippen LogP contribution in [0.15, 0.2) is 24.3 Å². The van der Waals surface area contributed by atoms with Crippen LogP contribution in [0, 0.1) is 5.82 Å². The van der Waals surface area contributed by atoms with Gasteiger partial charge in [-0.05, 0) is 24.1 Å². The first-order valence-electron chi connectivity index (χ1n) is 6.02. The Morgan fingerprint density at radius 1 is 1.44 bits per heavy atom. The molecule has 100 valence electrons. The molecule has 0 aliphatic carbocycles. The first-order valence-corrected chi connectivity index (χ1v) is 6.02. The Balaban J connectivity index is 3.11. The van der Waals surface area contributed by atoms with E-state index in [9.17, 15) is 9.18 Å². The Kier molecular flexibility index (Phi) is 4.84. The SMILES string of the molecule is CCC(N)C(C)(CC(=O)OC)c1ccc(F)cc1. The number of halogens is 1. The summed E-state index contributed by atoms with van der Waals surface area (Å²) < 4.78 is 17.7. The largest absolute Gasteiger partial charge is 0.469 e. The molecule has 2 N–H and O–H groups in total. The van der Waals surface area contributed by atoms with Crippen LogP contribution in [-0.4, -0.2) is 19.1 Å². The zero-order valence-electron chi connectivity index (χ0n) is 11.1. The van der Waals surface area contributed by atoms with E-state index in [2.05, 4.69) is 0 Å². The number of methoxy groups -OCH3 is 1. The van der Waals surface area contributed by atoms with Gasteiger partial charge in [-0.15, -0.1) is 0 Å². The Morgan fingerprint density at radius 3 is 2.44 bits per heavy atom. The second-order valence-corrected chi connectivity index (χ2v) is 4.69. The number of carbonyl (C=O) groups excluding carboxylic acids is 1. The minimum Gasteiger partial charge on any atom is -0.469 e. The molecule has 2 unspecified atom stereocenters. The topological polar surface area (TPSA) is 52.3 Å². The van der Waals surface area contributed by atoms with Crippen LogP contribution in [0.1, 0.15) is 32.3 Å². The minimum absolute atomic E-state index is 0.185. The second kappa shape index (κ2) is 5.96. The molecule has 0 amide bonds. The molecule has 0 aromatic heterocycles. The molecule has 0 bridgehead atoms. The predicted octanol–water partition coefficient (Wildman–Crippen LogP) is 2.38. The molecule has 18 heavy (non-hydrogen) atoms. The summed E-state index contributed by atoms with van der Waals surface area (Å²) in [6.07, 6.45) is 0.912. The summed E-state index contributed by atoms with van der Waals surface area (Å²) in [5, 5.41) is 0. The van der Waals surface area contributed by atoms with E-state index in [1.165, 1.54) is 19.2 Å². The number of hydrogen-bond donors (Lipinski definition) is 1. The van der Waals surface area contributed by atoms with E-state index in [4.69, 9.17) is 10.5 Å². The number of nitrogens with two attached hydrogens (primary N) is 1. The van der Waals surface area contributed by atoms with Crippen molar-refractivity contribution < 1.29 is 13.9 Å². The highest BCUT2D eigenvalue weighted by molar-refractivity contribution is 5.71. The molecule has 2 atom stereocenters. The van der Waals surface area contributed by atoms with Crippen molar-refractivity contribution in [3.05, 3.63) is 35.6 Å². The van der Waals surface area contributed by atoms with E-state index in [-0.39, 0.29) is 24.2 Å². The lowest BCUT2D eigenvalue weighted by atomic mass is 9.73. The van der Waals surface area contributed by atoms with E-state index in [1.54, 1.807) is 12.1 Å². The molecule has 0 aliphatic heterocycles. The molecule has 0 spiro atoms. The third kappa shape index (κ3) is 3.07. The molecule has 0 aliphatic rings. The maximum absolute atomic E-state index is 13.0. The maximum atomic E-state index is 13.0. The molecule has 0 radical (unpaired) electrons. The van der Waals surface area contributed by atoms with Crippen LogP contribution in [-0.2, 0) is 14.9 Å². The highest BCUT2D eigenvalue weighted by Crippen LogP contribution is 2.32. The quantitative estimate of drug-likeness (QED) is 0.820. The average molecular weight is 253 g/mol. The van der Waals surface area contributed by atoms with Gasteiger partial charge in [0, 0.05) is 11.5 Å². The summed E-state index contributed by atoms with van der Waals surface area (Å²) in [5.41, 5.74) is 6.43. The van der Waals surface area contributed by atoms with Gasteiger partial charge < -0.3 is 10.5 Å². The van der Waals surface area contributed by atoms with Gasteiger partial charge in [-0.25, -0.2) is 4.39 Å². The van der Waals surface area contributed by atoms with Crippen molar-refractivity contribution in [3.8, 4) is 0 Å². The fourth-order valence-corrected chi connectivity index (χ4v) is 2.10. The van der Waals surface area contributed by atoms with Crippen molar-refractivity contribution in [2.24, 2.45) is 5.73 Å². The average Bonchev–Trinajstić information content (AvgIpc) is 2.38. The van der Waals surface area contributed by atoms with Gasteiger partial charge in [-0.1, -0.05) is 26.0 Å². The van der Waals surface area contributed by atoms with Crippen molar-refractivity contribution >= 4 is 5.97 Å². The fourth-order valence-electron chi connectivity index (χ4n) is 2.10. The zero-order valence-corrected chi connectivity index (χ0v) is 11.1. The van der Waals surface area contributed by atoms with E-state index in [1.807, 2.05) is 13.8 Å². The summed E-state index contributed by atoms with van der Waals surface area (Å²) in [5.74, 6) is -0.616. The van der Waals surface area contributed by atoms with Gasteiger partial charge in [0.1, 0.15) is 5.82 Å². The molecule has 0 saturated carbocycles. The molecule has 0 saturated heterocycles. The lowest BCUT2D eigenvalue weighted by molar-refractivity contribution is -0.142. The number of ether oxygens (including phenoxy) is 1. The molecule has 4 heteroatoms. The number of carbonyl (C=O) groups is 1. The lowest BCUT2D eigenvalue weighted by Crippen LogP contribution is -2.44. The number of benzene rings is 1. The van der Waals surface area contributed by atoms with E-state index in [0.29, 0.717) is 0 Å². The lowest BCUT2D eigenvalue weighted by Gasteiger charge is -2.34. The standard InChI is InChI=1S/C14H20FNO2/c1-4-12(16)14(2,9-13(17)18-3)10-5-7-11(15)8-6-10/h5-8,12H,4,9,16H2,1-3H3. The summed E-state index contributed by atoms with van der Waals surface area (Å²) >= 11 is 0. The summed E-state index contributed by atoms with van der Waals surface area (Å²) in [4.78, 5) is 11.5. The van der Waals surface area contributed by atoms with Crippen LogP contribution in [0.3, 0.4) is 0 Å². The van der Waals surface area contributed by atoms with Gasteiger partial charge >= 0.3 is 5.97 Å². The van der Waals surface area contributed by atoms with Crippen LogP contribution >= 0.6 is 0 Å². The van der Waals surface area contributed by atoms with E-state index < -0.39 is 5.41 Å². The highest BCUT2D eigenvalue weighted by atomic mass is 19.1. The van der Waals surface area contributed by atoms with Crippen molar-refractivity contribution in [3.63, 3.8) is 0 Å². The molecular formula is C14H20FNO2. The van der Waals surface area contributed by atoms with Crippen molar-refractivity contribution in [2.45, 2.75) is 38.1 Å². The molecule has 1 rings (SSSR count). The third-order valence-corrected chi connectivity index (χ3v) is 3.50. The summed E-state index contributed by atoms with van der Waals surface area (Å²) in [6.45, 7) is 3.87. The van der Waals surface area contributed by atoms with Crippen LogP contribution in [0.5, 0.6) is 0 Å². The van der Waals surface area contributed by atoms with Gasteiger partial charge in [0.25, 0.3) is 0 Å². The van der Waals surface area contributed by atoms with Crippen molar-refractivity contribution in [1.82, 2.24) is 0 Å². The van der Waals surface area contributed by atoms with Gasteiger partial charge in [0.2, 0.25) is 0 Å². The predicted molar refractivity (Wildman–Crippen MR) is 68.7 cm³/mol. The van der Waals surface area contributed by atoms with Gasteiger partial charge in [-0.3, -0.25) is 4.79 Å². The molecule has 3 nitrogen and oxygen atoms in total. The number of esters is 1. The normalized spacial score (nSPS) is 15.8. The van der Waals surface area contributed by atoms with E-state index >= 15 is 0 Å². The Hall–Kier alpha value is -1.42. The van der Waals surface area contributed by atoms with Crippen LogP contribution in [0.4, 0.5) is 4.39 Å². The highest BCUT2D eigenvalue weighted by Gasteiger charge is 2.35. The van der Waals surface area contributed by atoms with Gasteiger partial charge in [0.15, 0.2) is 0 Å². The first-order chi connectivity index (χ1) is 8.43. The van der Waals surface area contributed by atoms with E-state index in [0.717, 1.165) is 12.0 Å². The number of rotatable bonds is 5. The number of hydrogen-bond acceptors (Lipinski definition) is 3. The summed E-state index contributed by atoms with van der Waals surface area (Å²) in [6, 6.07) is 5.92. The monoisotopic (exact) mass is 253 g/mol. The molecule has 1 aromatic rings. The van der Waals surface area contributed by atoms with Crippen LogP contribution < -0.4 is 5.73 Å². The third-order valence-electron chi connectivity index (χ3n) is 3.50. The molecular weight excluding hydrogens is 233 g/mol. The maximum Gasteiger partial charge on any atom is 0.306 e. The minimum atomic E-state index is -0.546. The molecule has 0 fully saturated rings. The smallest absolute Gasteiger partial charge is 0.306 e. The second-order valence-electron chi connectivity index (χ2n) is 4.69. The zero-order chi connectivity index (χ0) is 13.8. The Bertz CT molecular complexity index is 405. The Morgan fingerprint density at radius 2 is 2.00 bits per heavy atom.